The molecule has 1 aromatic heterocycles. The number of imidazole rings is 1. The number of hydrogen-bond donors (Lipinski definition) is 1. The summed E-state index contributed by atoms with van der Waals surface area (Å²) in [4.78, 5) is 15.5. The Morgan fingerprint density at radius 2 is 2.21 bits per heavy atom. The number of fused-ring (bicyclic) bond motifs is 1. The Morgan fingerprint density at radius 3 is 2.79 bits per heavy atom. The monoisotopic (exact) mass is 258 g/mol. The molecule has 4 nitrogen and oxygen atoms in total. The molecule has 1 atom stereocenters. The van der Waals surface area contributed by atoms with Crippen molar-refractivity contribution >= 4 is 17.0 Å². The average Bonchev–Trinajstić information content (AvgIpc) is 2.61. The summed E-state index contributed by atoms with van der Waals surface area (Å²) < 4.78 is 2.25. The molecule has 1 aliphatic rings. The molecule has 1 aromatic carbocycles. The van der Waals surface area contributed by atoms with Crippen LogP contribution >= 0.6 is 0 Å². The van der Waals surface area contributed by atoms with Crippen LogP contribution in [0.2, 0.25) is 0 Å². The molecule has 0 bridgehead atoms. The van der Waals surface area contributed by atoms with Gasteiger partial charge in [-0.25, -0.2) is 9.78 Å². The number of aromatic nitrogens is 2. The summed E-state index contributed by atoms with van der Waals surface area (Å²) in [7, 11) is 0. The maximum absolute atomic E-state index is 11.0. The van der Waals surface area contributed by atoms with Crippen LogP contribution in [0.1, 0.15) is 48.4 Å². The number of rotatable bonds is 3. The lowest BCUT2D eigenvalue weighted by molar-refractivity contribution is 0.0697. The molecule has 0 aliphatic heterocycles. The first kappa shape index (κ1) is 12.2. The lowest BCUT2D eigenvalue weighted by Crippen LogP contribution is -2.23. The van der Waals surface area contributed by atoms with Crippen molar-refractivity contribution in [3.8, 4) is 0 Å². The molecule has 1 saturated carbocycles. The van der Waals surface area contributed by atoms with Gasteiger partial charge in [0.1, 0.15) is 5.82 Å². The van der Waals surface area contributed by atoms with Crippen molar-refractivity contribution in [2.24, 2.45) is 5.92 Å². The van der Waals surface area contributed by atoms with Crippen LogP contribution in [0.4, 0.5) is 0 Å². The van der Waals surface area contributed by atoms with Gasteiger partial charge in [0.25, 0.3) is 0 Å². The van der Waals surface area contributed by atoms with E-state index in [0.29, 0.717) is 11.6 Å². The van der Waals surface area contributed by atoms with Gasteiger partial charge in [0.05, 0.1) is 16.6 Å². The zero-order chi connectivity index (χ0) is 13.6. The maximum atomic E-state index is 11.0. The van der Waals surface area contributed by atoms with Crippen molar-refractivity contribution in [1.29, 1.82) is 0 Å². The van der Waals surface area contributed by atoms with Crippen LogP contribution in [0.3, 0.4) is 0 Å². The molecule has 2 aromatic rings. The van der Waals surface area contributed by atoms with Gasteiger partial charge in [0, 0.05) is 6.04 Å². The lowest BCUT2D eigenvalue weighted by Gasteiger charge is -2.33. The average molecular weight is 258 g/mol. The summed E-state index contributed by atoms with van der Waals surface area (Å²) in [6, 6.07) is 5.65. The lowest BCUT2D eigenvalue weighted by atomic mass is 9.80. The van der Waals surface area contributed by atoms with Crippen molar-refractivity contribution in [3.05, 3.63) is 29.6 Å². The second-order valence-corrected chi connectivity index (χ2v) is 5.47. The molecule has 3 rings (SSSR count). The quantitative estimate of drug-likeness (QED) is 0.918. The number of carboxylic acid groups (broad SMARTS) is 1. The van der Waals surface area contributed by atoms with Crippen LogP contribution < -0.4 is 0 Å². The van der Waals surface area contributed by atoms with Crippen LogP contribution in [0.25, 0.3) is 11.0 Å². The second kappa shape index (κ2) is 4.37. The molecule has 1 fully saturated rings. The third kappa shape index (κ3) is 1.91. The van der Waals surface area contributed by atoms with Gasteiger partial charge in [-0.15, -0.1) is 0 Å². The molecule has 1 unspecified atom stereocenters. The Labute approximate surface area is 112 Å². The predicted molar refractivity (Wildman–Crippen MR) is 73.5 cm³/mol. The van der Waals surface area contributed by atoms with Crippen molar-refractivity contribution in [1.82, 2.24) is 9.55 Å². The van der Waals surface area contributed by atoms with Crippen molar-refractivity contribution in [2.45, 2.75) is 39.2 Å². The molecule has 1 aliphatic carbocycles. The van der Waals surface area contributed by atoms with Gasteiger partial charge in [-0.1, -0.05) is 6.42 Å². The van der Waals surface area contributed by atoms with Gasteiger partial charge in [0.2, 0.25) is 0 Å². The largest absolute Gasteiger partial charge is 0.478 e. The Bertz CT molecular complexity index is 641. The highest BCUT2D eigenvalue weighted by atomic mass is 16.4. The highest BCUT2D eigenvalue weighted by Crippen LogP contribution is 2.38. The Hall–Kier alpha value is -1.84. The second-order valence-electron chi connectivity index (χ2n) is 5.47. The van der Waals surface area contributed by atoms with E-state index in [1.54, 1.807) is 12.1 Å². The SMILES string of the molecule is Cc1nc2cc(C(=O)O)ccc2n1C(C)C1CCC1. The normalized spacial score (nSPS) is 17.4. The van der Waals surface area contributed by atoms with E-state index in [1.807, 2.05) is 13.0 Å². The van der Waals surface area contributed by atoms with Crippen molar-refractivity contribution in [2.75, 3.05) is 0 Å². The van der Waals surface area contributed by atoms with Gasteiger partial charge in [-0.05, 0) is 50.8 Å². The first-order chi connectivity index (χ1) is 9.08. The molecule has 19 heavy (non-hydrogen) atoms. The fraction of sp³-hybridized carbons (Fsp3) is 0.467. The maximum Gasteiger partial charge on any atom is 0.335 e. The topological polar surface area (TPSA) is 55.1 Å². The van der Waals surface area contributed by atoms with Crippen LogP contribution in [0, 0.1) is 12.8 Å². The van der Waals surface area contributed by atoms with Gasteiger partial charge in [0.15, 0.2) is 0 Å². The van der Waals surface area contributed by atoms with E-state index < -0.39 is 5.97 Å². The number of carbonyl (C=O) groups is 1. The standard InChI is InChI=1S/C15H18N2O2/c1-9(11-4-3-5-11)17-10(2)16-13-8-12(15(18)19)6-7-14(13)17/h6-9,11H,3-5H2,1-2H3,(H,18,19). The smallest absolute Gasteiger partial charge is 0.335 e. The van der Waals surface area contributed by atoms with E-state index in [2.05, 4.69) is 16.5 Å². The number of benzene rings is 1. The van der Waals surface area contributed by atoms with Gasteiger partial charge < -0.3 is 9.67 Å². The molecular weight excluding hydrogens is 240 g/mol. The summed E-state index contributed by atoms with van der Waals surface area (Å²) >= 11 is 0. The van der Waals surface area contributed by atoms with Crippen molar-refractivity contribution < 1.29 is 9.90 Å². The third-order valence-corrected chi connectivity index (χ3v) is 4.35. The first-order valence-electron chi connectivity index (χ1n) is 6.80. The highest BCUT2D eigenvalue weighted by Gasteiger charge is 2.27. The molecule has 0 spiro atoms. The molecule has 100 valence electrons. The highest BCUT2D eigenvalue weighted by molar-refractivity contribution is 5.92. The molecule has 0 amide bonds. The Balaban J connectivity index is 2.09. The summed E-state index contributed by atoms with van der Waals surface area (Å²) in [5, 5.41) is 9.03. The minimum absolute atomic E-state index is 0.299. The molecule has 1 N–H and O–H groups in total. The molecule has 0 radical (unpaired) electrons. The van der Waals surface area contributed by atoms with Crippen LogP contribution in [0.5, 0.6) is 0 Å². The van der Waals surface area contributed by atoms with Crippen LogP contribution in [0.15, 0.2) is 18.2 Å². The number of aryl methyl sites for hydroxylation is 1. The fourth-order valence-electron chi connectivity index (χ4n) is 3.00. The van der Waals surface area contributed by atoms with E-state index in [1.165, 1.54) is 19.3 Å². The van der Waals surface area contributed by atoms with Gasteiger partial charge >= 0.3 is 5.97 Å². The third-order valence-electron chi connectivity index (χ3n) is 4.35. The first-order valence-corrected chi connectivity index (χ1v) is 6.80. The zero-order valence-electron chi connectivity index (χ0n) is 11.3. The number of hydrogen-bond acceptors (Lipinski definition) is 2. The number of nitrogens with zero attached hydrogens (tertiary/aromatic N) is 2. The fourth-order valence-corrected chi connectivity index (χ4v) is 3.00. The zero-order valence-corrected chi connectivity index (χ0v) is 11.3. The van der Waals surface area contributed by atoms with E-state index in [-0.39, 0.29) is 0 Å². The predicted octanol–water partition coefficient (Wildman–Crippen LogP) is 3.40. The molecule has 4 heteroatoms. The Kier molecular flexibility index (Phi) is 2.81. The summed E-state index contributed by atoms with van der Waals surface area (Å²) in [6.45, 7) is 4.23. The summed E-state index contributed by atoms with van der Waals surface area (Å²) in [5.41, 5.74) is 2.12. The number of aromatic carboxylic acids is 1. The molecule has 0 saturated heterocycles. The summed E-state index contributed by atoms with van der Waals surface area (Å²) in [6.07, 6.45) is 3.89. The van der Waals surface area contributed by atoms with Crippen LogP contribution in [-0.4, -0.2) is 20.6 Å². The molecule has 1 heterocycles. The molecular formula is C15H18N2O2. The van der Waals surface area contributed by atoms with Crippen LogP contribution in [-0.2, 0) is 0 Å². The summed E-state index contributed by atoms with van der Waals surface area (Å²) in [5.74, 6) is 0.799. The van der Waals surface area contributed by atoms with E-state index in [0.717, 1.165) is 22.8 Å². The van der Waals surface area contributed by atoms with Crippen molar-refractivity contribution in [3.63, 3.8) is 0 Å². The van der Waals surface area contributed by atoms with Gasteiger partial charge in [-0.3, -0.25) is 0 Å². The van der Waals surface area contributed by atoms with E-state index in [4.69, 9.17) is 5.11 Å². The van der Waals surface area contributed by atoms with E-state index in [9.17, 15) is 4.79 Å². The Morgan fingerprint density at radius 1 is 1.47 bits per heavy atom. The van der Waals surface area contributed by atoms with Gasteiger partial charge in [-0.2, -0.15) is 0 Å². The minimum Gasteiger partial charge on any atom is -0.478 e. The van der Waals surface area contributed by atoms with E-state index >= 15 is 0 Å². The minimum atomic E-state index is -0.902. The number of carboxylic acids is 1.